The number of nitrogens with one attached hydrogen (secondary N) is 1. The Balaban J connectivity index is 1.78. The van der Waals surface area contributed by atoms with Gasteiger partial charge in [-0.05, 0) is 37.8 Å². The zero-order valence-electron chi connectivity index (χ0n) is 13.0. The molecule has 4 heteroatoms. The average molecular weight is 291 g/mol. The van der Waals surface area contributed by atoms with E-state index in [1.54, 1.807) is 0 Å². The van der Waals surface area contributed by atoms with Crippen LogP contribution in [0, 0.1) is 5.92 Å². The molecule has 0 amide bonds. The van der Waals surface area contributed by atoms with Gasteiger partial charge in [0.2, 0.25) is 6.79 Å². The number of hydrogen-bond donors (Lipinski definition) is 1. The highest BCUT2D eigenvalue weighted by atomic mass is 16.7. The minimum atomic E-state index is 0.305. The van der Waals surface area contributed by atoms with Crippen molar-refractivity contribution >= 4 is 0 Å². The molecule has 2 atom stereocenters. The molecule has 0 bridgehead atoms. The molecule has 1 aliphatic heterocycles. The van der Waals surface area contributed by atoms with E-state index in [-0.39, 0.29) is 0 Å². The number of rotatable bonds is 5. The van der Waals surface area contributed by atoms with Gasteiger partial charge in [0.25, 0.3) is 0 Å². The van der Waals surface area contributed by atoms with Gasteiger partial charge >= 0.3 is 0 Å². The van der Waals surface area contributed by atoms with Crippen LogP contribution in [0.15, 0.2) is 12.1 Å². The molecule has 1 aromatic rings. The smallest absolute Gasteiger partial charge is 0.231 e. The van der Waals surface area contributed by atoms with E-state index in [4.69, 9.17) is 14.2 Å². The summed E-state index contributed by atoms with van der Waals surface area (Å²) in [6.07, 6.45) is 5.22. The van der Waals surface area contributed by atoms with Gasteiger partial charge in [-0.1, -0.05) is 20.3 Å². The summed E-state index contributed by atoms with van der Waals surface area (Å²) < 4.78 is 17.3. The minimum Gasteiger partial charge on any atom is -0.490 e. The molecule has 21 heavy (non-hydrogen) atoms. The second-order valence-electron chi connectivity index (χ2n) is 6.11. The number of fused-ring (bicyclic) bond motifs is 1. The fraction of sp³-hybridized carbons (Fsp3) is 0.647. The maximum absolute atomic E-state index is 6.30. The topological polar surface area (TPSA) is 39.7 Å². The van der Waals surface area contributed by atoms with Crippen LogP contribution in [0.5, 0.6) is 17.2 Å². The van der Waals surface area contributed by atoms with Gasteiger partial charge in [-0.25, -0.2) is 0 Å². The maximum Gasteiger partial charge on any atom is 0.231 e. The van der Waals surface area contributed by atoms with E-state index in [0.29, 0.717) is 12.9 Å². The van der Waals surface area contributed by atoms with Crippen molar-refractivity contribution in [2.24, 2.45) is 5.92 Å². The van der Waals surface area contributed by atoms with E-state index in [1.165, 1.54) is 12.8 Å². The molecule has 1 N–H and O–H groups in total. The molecule has 2 aliphatic rings. The number of ether oxygens (including phenoxy) is 3. The van der Waals surface area contributed by atoms with Crippen molar-refractivity contribution in [3.63, 3.8) is 0 Å². The van der Waals surface area contributed by atoms with Crippen LogP contribution in [0.4, 0.5) is 0 Å². The largest absolute Gasteiger partial charge is 0.490 e. The summed E-state index contributed by atoms with van der Waals surface area (Å²) in [5, 5.41) is 3.37. The first-order chi connectivity index (χ1) is 10.3. The summed E-state index contributed by atoms with van der Waals surface area (Å²) in [6, 6.07) is 4.04. The normalized spacial score (nSPS) is 24.1. The fourth-order valence-electron chi connectivity index (χ4n) is 3.14. The summed E-state index contributed by atoms with van der Waals surface area (Å²) in [5.41, 5.74) is 1.15. The van der Waals surface area contributed by atoms with Gasteiger partial charge < -0.3 is 19.5 Å². The third-order valence-corrected chi connectivity index (χ3v) is 4.30. The first-order valence-corrected chi connectivity index (χ1v) is 8.06. The molecule has 1 saturated carbocycles. The molecule has 1 aliphatic carbocycles. The molecule has 0 spiro atoms. The van der Waals surface area contributed by atoms with Gasteiger partial charge in [0.1, 0.15) is 5.75 Å². The third-order valence-electron chi connectivity index (χ3n) is 4.30. The van der Waals surface area contributed by atoms with E-state index < -0.39 is 0 Å². The molecule has 3 rings (SSSR count). The lowest BCUT2D eigenvalue weighted by molar-refractivity contribution is 0.127. The molecule has 4 nitrogen and oxygen atoms in total. The monoisotopic (exact) mass is 291 g/mol. The van der Waals surface area contributed by atoms with E-state index in [2.05, 4.69) is 19.2 Å². The molecule has 116 valence electrons. The quantitative estimate of drug-likeness (QED) is 0.901. The van der Waals surface area contributed by atoms with Gasteiger partial charge in [-0.3, -0.25) is 0 Å². The first-order valence-electron chi connectivity index (χ1n) is 8.06. The summed E-state index contributed by atoms with van der Waals surface area (Å²) >= 11 is 0. The highest BCUT2D eigenvalue weighted by Crippen LogP contribution is 2.39. The van der Waals surface area contributed by atoms with E-state index in [1.807, 2.05) is 12.1 Å². The predicted octanol–water partition coefficient (Wildman–Crippen LogP) is 3.48. The van der Waals surface area contributed by atoms with Crippen LogP contribution in [0.1, 0.15) is 45.1 Å². The highest BCUT2D eigenvalue weighted by molar-refractivity contribution is 5.51. The maximum atomic E-state index is 6.30. The first kappa shape index (κ1) is 14.5. The lowest BCUT2D eigenvalue weighted by Gasteiger charge is -2.28. The highest BCUT2D eigenvalue weighted by Gasteiger charge is 2.23. The lowest BCUT2D eigenvalue weighted by atomic mass is 9.88. The van der Waals surface area contributed by atoms with Crippen LogP contribution in [0.3, 0.4) is 0 Å². The summed E-state index contributed by atoms with van der Waals surface area (Å²) in [5.74, 6) is 3.33. The van der Waals surface area contributed by atoms with Crippen molar-refractivity contribution in [1.29, 1.82) is 0 Å². The van der Waals surface area contributed by atoms with Gasteiger partial charge in [0.15, 0.2) is 11.5 Å². The van der Waals surface area contributed by atoms with E-state index in [0.717, 1.165) is 54.7 Å². The minimum absolute atomic E-state index is 0.305. The van der Waals surface area contributed by atoms with Crippen LogP contribution < -0.4 is 19.5 Å². The summed E-state index contributed by atoms with van der Waals surface area (Å²) in [6.45, 7) is 6.46. The van der Waals surface area contributed by atoms with Crippen molar-refractivity contribution in [3.05, 3.63) is 17.7 Å². The third kappa shape index (κ3) is 3.43. The average Bonchev–Trinajstić information content (AvgIpc) is 2.92. The predicted molar refractivity (Wildman–Crippen MR) is 82.0 cm³/mol. The van der Waals surface area contributed by atoms with Crippen LogP contribution >= 0.6 is 0 Å². The standard InChI is InChI=1S/C17H25NO3/c1-3-18-10-13-8-16-17(20-11-19-16)9-15(13)21-14-6-4-5-12(2)7-14/h8-9,12,14,18H,3-7,10-11H2,1-2H3. The molecule has 0 radical (unpaired) electrons. The fourth-order valence-corrected chi connectivity index (χ4v) is 3.14. The van der Waals surface area contributed by atoms with Crippen molar-refractivity contribution in [2.45, 2.75) is 52.2 Å². The van der Waals surface area contributed by atoms with Crippen molar-refractivity contribution in [2.75, 3.05) is 13.3 Å². The van der Waals surface area contributed by atoms with Gasteiger partial charge in [-0.15, -0.1) is 0 Å². The Morgan fingerprint density at radius 1 is 1.24 bits per heavy atom. The van der Waals surface area contributed by atoms with Gasteiger partial charge in [0, 0.05) is 18.2 Å². The zero-order valence-corrected chi connectivity index (χ0v) is 13.0. The zero-order chi connectivity index (χ0) is 14.7. The summed E-state index contributed by atoms with van der Waals surface area (Å²) in [4.78, 5) is 0. The van der Waals surface area contributed by atoms with Crippen molar-refractivity contribution in [3.8, 4) is 17.2 Å². The number of benzene rings is 1. The van der Waals surface area contributed by atoms with Crippen molar-refractivity contribution < 1.29 is 14.2 Å². The Labute approximate surface area is 126 Å². The lowest BCUT2D eigenvalue weighted by Crippen LogP contribution is -2.25. The Bertz CT molecular complexity index is 489. The molecular weight excluding hydrogens is 266 g/mol. The Morgan fingerprint density at radius 2 is 2.05 bits per heavy atom. The Morgan fingerprint density at radius 3 is 2.81 bits per heavy atom. The van der Waals surface area contributed by atoms with Gasteiger partial charge in [0.05, 0.1) is 6.10 Å². The van der Waals surface area contributed by atoms with E-state index in [9.17, 15) is 0 Å². The van der Waals surface area contributed by atoms with Crippen LogP contribution in [-0.4, -0.2) is 19.4 Å². The van der Waals surface area contributed by atoms with Crippen molar-refractivity contribution in [1.82, 2.24) is 5.32 Å². The van der Waals surface area contributed by atoms with Crippen LogP contribution in [-0.2, 0) is 6.54 Å². The summed E-state index contributed by atoms with van der Waals surface area (Å²) in [7, 11) is 0. The molecule has 1 aromatic carbocycles. The van der Waals surface area contributed by atoms with Gasteiger partial charge in [-0.2, -0.15) is 0 Å². The second kappa shape index (κ2) is 6.56. The Hall–Kier alpha value is -1.42. The molecule has 1 heterocycles. The molecule has 0 aromatic heterocycles. The molecule has 1 fully saturated rings. The molecular formula is C17H25NO3. The second-order valence-corrected chi connectivity index (χ2v) is 6.11. The molecule has 2 unspecified atom stereocenters. The molecule has 0 saturated heterocycles. The number of hydrogen-bond acceptors (Lipinski definition) is 4. The van der Waals surface area contributed by atoms with E-state index >= 15 is 0 Å². The SMILES string of the molecule is CCNCc1cc2c(cc1OC1CCCC(C)C1)OCO2. The Kier molecular flexibility index (Phi) is 4.54. The van der Waals surface area contributed by atoms with Crippen LogP contribution in [0.2, 0.25) is 0 Å². The van der Waals surface area contributed by atoms with Crippen LogP contribution in [0.25, 0.3) is 0 Å².